The summed E-state index contributed by atoms with van der Waals surface area (Å²) in [5.41, 5.74) is 1.66. The number of fused-ring (bicyclic) bond motifs is 1. The molecule has 202 valence electrons. The number of amides is 1. The van der Waals surface area contributed by atoms with Crippen molar-refractivity contribution < 1.29 is 18.7 Å². The number of piperidine rings is 1. The van der Waals surface area contributed by atoms with Crippen molar-refractivity contribution >= 4 is 49.9 Å². The number of anilines is 3. The average molecular weight is 594 g/mol. The zero-order valence-electron chi connectivity index (χ0n) is 21.7. The molecule has 2 heterocycles. The van der Waals surface area contributed by atoms with Crippen molar-refractivity contribution in [1.82, 2.24) is 14.9 Å². The quantitative estimate of drug-likeness (QED) is 0.249. The predicted octanol–water partition coefficient (Wildman–Crippen LogP) is 6.26. The minimum absolute atomic E-state index is 0.207. The minimum Gasteiger partial charge on any atom is -0.493 e. The monoisotopic (exact) mass is 593 g/mol. The van der Waals surface area contributed by atoms with Crippen LogP contribution in [0.4, 0.5) is 21.6 Å². The fourth-order valence-corrected chi connectivity index (χ4v) is 4.76. The topological polar surface area (TPSA) is 88.6 Å². The molecular formula is C29H29BrFN5O3. The normalized spacial score (nSPS) is 14.3. The van der Waals surface area contributed by atoms with Gasteiger partial charge in [-0.25, -0.2) is 14.4 Å². The maximum absolute atomic E-state index is 15.0. The largest absolute Gasteiger partial charge is 0.493 e. The van der Waals surface area contributed by atoms with Gasteiger partial charge in [0.15, 0.2) is 11.5 Å². The van der Waals surface area contributed by atoms with Gasteiger partial charge >= 0.3 is 0 Å². The summed E-state index contributed by atoms with van der Waals surface area (Å²) in [7, 11) is 3.72. The lowest BCUT2D eigenvalue weighted by Gasteiger charge is -2.28. The molecule has 5 rings (SSSR count). The van der Waals surface area contributed by atoms with Gasteiger partial charge in [0.1, 0.15) is 18.0 Å². The van der Waals surface area contributed by atoms with E-state index in [1.165, 1.54) is 12.4 Å². The highest BCUT2D eigenvalue weighted by Crippen LogP contribution is 2.36. The van der Waals surface area contributed by atoms with Crippen LogP contribution >= 0.6 is 15.9 Å². The molecule has 39 heavy (non-hydrogen) atoms. The molecule has 0 bridgehead atoms. The SMILES string of the molecule is COc1cc2c(Nc3ccc(NC(=O)c4ccc(Br)cc4)cc3F)ncnc2cc1OCC1CCN(C)CC1. The smallest absolute Gasteiger partial charge is 0.255 e. The highest BCUT2D eigenvalue weighted by Gasteiger charge is 2.19. The molecule has 10 heteroatoms. The van der Waals surface area contributed by atoms with Crippen LogP contribution in [0.3, 0.4) is 0 Å². The Hall–Kier alpha value is -3.76. The van der Waals surface area contributed by atoms with E-state index in [1.54, 1.807) is 49.6 Å². The van der Waals surface area contributed by atoms with Crippen LogP contribution in [-0.4, -0.2) is 54.6 Å². The number of rotatable bonds is 8. The van der Waals surface area contributed by atoms with Gasteiger partial charge in [0, 0.05) is 27.2 Å². The van der Waals surface area contributed by atoms with Gasteiger partial charge in [-0.2, -0.15) is 0 Å². The van der Waals surface area contributed by atoms with Crippen molar-refractivity contribution in [3.63, 3.8) is 0 Å². The Kier molecular flexibility index (Phi) is 8.23. The number of hydrogen-bond donors (Lipinski definition) is 2. The highest BCUT2D eigenvalue weighted by molar-refractivity contribution is 9.10. The van der Waals surface area contributed by atoms with Crippen LogP contribution in [0.25, 0.3) is 10.9 Å². The van der Waals surface area contributed by atoms with E-state index in [0.717, 1.165) is 30.4 Å². The molecule has 4 aromatic rings. The van der Waals surface area contributed by atoms with Gasteiger partial charge in [0.05, 0.1) is 24.9 Å². The molecule has 0 atom stereocenters. The molecule has 8 nitrogen and oxygen atoms in total. The Morgan fingerprint density at radius 1 is 1.08 bits per heavy atom. The third kappa shape index (κ3) is 6.46. The van der Waals surface area contributed by atoms with Crippen molar-refractivity contribution in [3.05, 3.63) is 76.8 Å². The maximum Gasteiger partial charge on any atom is 0.255 e. The number of carbonyl (C=O) groups is 1. The second-order valence-electron chi connectivity index (χ2n) is 9.58. The van der Waals surface area contributed by atoms with Crippen LogP contribution in [0.1, 0.15) is 23.2 Å². The van der Waals surface area contributed by atoms with Crippen LogP contribution in [-0.2, 0) is 0 Å². The Morgan fingerprint density at radius 2 is 1.85 bits per heavy atom. The predicted molar refractivity (Wildman–Crippen MR) is 154 cm³/mol. The average Bonchev–Trinajstić information content (AvgIpc) is 2.94. The Bertz CT molecular complexity index is 1480. The summed E-state index contributed by atoms with van der Waals surface area (Å²) >= 11 is 3.34. The number of carbonyl (C=O) groups excluding carboxylic acids is 1. The van der Waals surface area contributed by atoms with Crippen LogP contribution in [0, 0.1) is 11.7 Å². The van der Waals surface area contributed by atoms with E-state index in [1.807, 2.05) is 6.07 Å². The number of halogens is 2. The van der Waals surface area contributed by atoms with E-state index in [0.29, 0.717) is 52.0 Å². The van der Waals surface area contributed by atoms with E-state index in [-0.39, 0.29) is 11.6 Å². The molecule has 2 N–H and O–H groups in total. The summed E-state index contributed by atoms with van der Waals surface area (Å²) in [5.74, 6) is 1.22. The summed E-state index contributed by atoms with van der Waals surface area (Å²) in [5, 5.41) is 6.43. The summed E-state index contributed by atoms with van der Waals surface area (Å²) in [6.07, 6.45) is 3.62. The van der Waals surface area contributed by atoms with Gasteiger partial charge in [-0.05, 0) is 87.4 Å². The number of hydrogen-bond acceptors (Lipinski definition) is 7. The highest BCUT2D eigenvalue weighted by atomic mass is 79.9. The Balaban J connectivity index is 1.31. The molecule has 0 saturated carbocycles. The van der Waals surface area contributed by atoms with Crippen LogP contribution in [0.15, 0.2) is 65.4 Å². The summed E-state index contributed by atoms with van der Waals surface area (Å²) < 4.78 is 27.7. The van der Waals surface area contributed by atoms with E-state index < -0.39 is 5.82 Å². The molecule has 1 fully saturated rings. The number of benzene rings is 3. The molecule has 1 saturated heterocycles. The van der Waals surface area contributed by atoms with E-state index in [4.69, 9.17) is 9.47 Å². The Morgan fingerprint density at radius 3 is 2.56 bits per heavy atom. The number of nitrogens with zero attached hydrogens (tertiary/aromatic N) is 3. The molecule has 3 aromatic carbocycles. The number of nitrogens with one attached hydrogen (secondary N) is 2. The first-order valence-electron chi connectivity index (χ1n) is 12.7. The van der Waals surface area contributed by atoms with Crippen molar-refractivity contribution in [3.8, 4) is 11.5 Å². The van der Waals surface area contributed by atoms with Gasteiger partial charge in [0.25, 0.3) is 5.91 Å². The summed E-state index contributed by atoms with van der Waals surface area (Å²) in [6.45, 7) is 2.75. The lowest BCUT2D eigenvalue weighted by molar-refractivity contribution is 0.102. The second-order valence-corrected chi connectivity index (χ2v) is 10.5. The minimum atomic E-state index is -0.541. The third-order valence-electron chi connectivity index (χ3n) is 6.82. The molecule has 1 aromatic heterocycles. The molecule has 0 radical (unpaired) electrons. The van der Waals surface area contributed by atoms with Crippen LogP contribution < -0.4 is 20.1 Å². The van der Waals surface area contributed by atoms with Crippen LogP contribution in [0.2, 0.25) is 0 Å². The summed E-state index contributed by atoms with van der Waals surface area (Å²) in [4.78, 5) is 23.5. The zero-order valence-corrected chi connectivity index (χ0v) is 23.3. The number of aromatic nitrogens is 2. The first kappa shape index (κ1) is 26.8. The van der Waals surface area contributed by atoms with Gasteiger partial charge in [0.2, 0.25) is 0 Å². The first-order valence-corrected chi connectivity index (χ1v) is 13.5. The molecular weight excluding hydrogens is 565 g/mol. The van der Waals surface area contributed by atoms with Crippen LogP contribution in [0.5, 0.6) is 11.5 Å². The number of methoxy groups -OCH3 is 1. The van der Waals surface area contributed by atoms with E-state index in [9.17, 15) is 4.79 Å². The molecule has 0 spiro atoms. The second kappa shape index (κ2) is 12.0. The van der Waals surface area contributed by atoms with Gasteiger partial charge in [-0.3, -0.25) is 4.79 Å². The standard InChI is InChI=1S/C29H29BrFN5O3/c1-36-11-9-18(10-12-36)16-39-27-15-25-22(14-26(27)38-2)28(33-17-32-25)35-24-8-7-21(13-23(24)31)34-29(37)19-3-5-20(30)6-4-19/h3-8,13-15,17-18H,9-12,16H2,1-2H3,(H,34,37)(H,32,33,35). The van der Waals surface area contributed by atoms with Gasteiger partial charge < -0.3 is 25.0 Å². The van der Waals surface area contributed by atoms with E-state index in [2.05, 4.69) is 48.5 Å². The van der Waals surface area contributed by atoms with Gasteiger partial charge in [-0.15, -0.1) is 0 Å². The fraction of sp³-hybridized carbons (Fsp3) is 0.276. The fourth-order valence-electron chi connectivity index (χ4n) is 4.50. The van der Waals surface area contributed by atoms with Crippen molar-refractivity contribution in [1.29, 1.82) is 0 Å². The lowest BCUT2D eigenvalue weighted by atomic mass is 9.98. The number of ether oxygens (including phenoxy) is 2. The lowest BCUT2D eigenvalue weighted by Crippen LogP contribution is -2.32. The number of likely N-dealkylation sites (tertiary alicyclic amines) is 1. The van der Waals surface area contributed by atoms with E-state index >= 15 is 4.39 Å². The zero-order chi connectivity index (χ0) is 27.4. The maximum atomic E-state index is 15.0. The van der Waals surface area contributed by atoms with Crippen molar-refractivity contribution in [2.45, 2.75) is 12.8 Å². The van der Waals surface area contributed by atoms with Gasteiger partial charge in [-0.1, -0.05) is 15.9 Å². The summed E-state index contributed by atoms with van der Waals surface area (Å²) in [6, 6.07) is 15.0. The van der Waals surface area contributed by atoms with Crippen molar-refractivity contribution in [2.75, 3.05) is 44.5 Å². The molecule has 1 aliphatic rings. The molecule has 0 unspecified atom stereocenters. The van der Waals surface area contributed by atoms with Crippen molar-refractivity contribution in [2.24, 2.45) is 5.92 Å². The molecule has 1 amide bonds. The third-order valence-corrected chi connectivity index (χ3v) is 7.35. The first-order chi connectivity index (χ1) is 18.9. The Labute approximate surface area is 234 Å². The molecule has 1 aliphatic heterocycles. The molecule has 0 aliphatic carbocycles.